The maximum atomic E-state index is 12.3. The Hall–Kier alpha value is -2.15. The minimum Gasteiger partial charge on any atom is -0.395 e. The maximum Gasteiger partial charge on any atom is 0.332 e. The number of aryl methyl sites for hydroxylation is 1. The van der Waals surface area contributed by atoms with Crippen LogP contribution in [-0.4, -0.2) is 39.4 Å². The van der Waals surface area contributed by atoms with Crippen molar-refractivity contribution in [3.63, 3.8) is 0 Å². The molecule has 0 aliphatic heterocycles. The summed E-state index contributed by atoms with van der Waals surface area (Å²) in [6.45, 7) is 0.373. The van der Waals surface area contributed by atoms with Crippen molar-refractivity contribution in [2.45, 2.75) is 0 Å². The molecule has 0 amide bonds. The van der Waals surface area contributed by atoms with Gasteiger partial charge in [0.1, 0.15) is 5.39 Å². The van der Waals surface area contributed by atoms with Gasteiger partial charge in [0.2, 0.25) is 0 Å². The Labute approximate surface area is 109 Å². The van der Waals surface area contributed by atoms with Crippen LogP contribution in [0.4, 0.5) is 5.69 Å². The molecule has 2 aromatic rings. The summed E-state index contributed by atoms with van der Waals surface area (Å²) in [5.74, 6) is 0. The van der Waals surface area contributed by atoms with Gasteiger partial charge in [0.05, 0.1) is 12.3 Å². The van der Waals surface area contributed by atoms with Gasteiger partial charge in [-0.25, -0.2) is 9.78 Å². The van der Waals surface area contributed by atoms with Crippen LogP contribution in [0.2, 0.25) is 0 Å². The van der Waals surface area contributed by atoms with Crippen LogP contribution in [0.3, 0.4) is 0 Å². The van der Waals surface area contributed by atoms with Gasteiger partial charge in [-0.1, -0.05) is 0 Å². The predicted molar refractivity (Wildman–Crippen MR) is 72.6 cm³/mol. The quantitative estimate of drug-likeness (QED) is 0.774. The number of pyridine rings is 1. The summed E-state index contributed by atoms with van der Waals surface area (Å²) in [6, 6.07) is 1.70. The van der Waals surface area contributed by atoms with Gasteiger partial charge >= 0.3 is 5.69 Å². The molecule has 0 radical (unpaired) electrons. The van der Waals surface area contributed by atoms with Crippen molar-refractivity contribution in [3.05, 3.63) is 33.1 Å². The number of likely N-dealkylation sites (N-methyl/N-ethyl adjacent to an activating group) is 1. The lowest BCUT2D eigenvalue weighted by Gasteiger charge is -2.20. The van der Waals surface area contributed by atoms with Crippen LogP contribution in [0, 0.1) is 0 Å². The average molecular weight is 264 g/mol. The zero-order valence-electron chi connectivity index (χ0n) is 11.1. The highest BCUT2D eigenvalue weighted by Crippen LogP contribution is 2.19. The minimum absolute atomic E-state index is 0.0214. The summed E-state index contributed by atoms with van der Waals surface area (Å²) in [5, 5.41) is 9.37. The van der Waals surface area contributed by atoms with Gasteiger partial charge in [-0.15, -0.1) is 0 Å². The number of aliphatic hydroxyl groups is 1. The summed E-state index contributed by atoms with van der Waals surface area (Å²) < 4.78 is 2.40. The van der Waals surface area contributed by atoms with Crippen molar-refractivity contribution in [1.29, 1.82) is 0 Å². The van der Waals surface area contributed by atoms with Crippen LogP contribution in [-0.2, 0) is 14.1 Å². The van der Waals surface area contributed by atoms with E-state index in [2.05, 4.69) is 4.98 Å². The Morgan fingerprint density at radius 3 is 2.63 bits per heavy atom. The van der Waals surface area contributed by atoms with Crippen LogP contribution in [0.15, 0.2) is 21.9 Å². The van der Waals surface area contributed by atoms with E-state index in [4.69, 9.17) is 5.11 Å². The number of rotatable bonds is 3. The van der Waals surface area contributed by atoms with Crippen molar-refractivity contribution >= 4 is 16.7 Å². The number of anilines is 1. The molecular formula is C12H16N4O3. The molecule has 0 spiro atoms. The molecule has 2 aromatic heterocycles. The van der Waals surface area contributed by atoms with Crippen molar-refractivity contribution in [2.24, 2.45) is 14.1 Å². The third-order valence-corrected chi connectivity index (χ3v) is 3.17. The second-order valence-electron chi connectivity index (χ2n) is 4.38. The molecule has 102 valence electrons. The zero-order chi connectivity index (χ0) is 14.2. The number of aromatic nitrogens is 3. The van der Waals surface area contributed by atoms with Gasteiger partial charge in [0.15, 0.2) is 5.65 Å². The maximum absolute atomic E-state index is 12.3. The predicted octanol–water partition coefficient (Wildman–Crippen LogP) is -0.939. The first-order valence-electron chi connectivity index (χ1n) is 5.85. The first-order chi connectivity index (χ1) is 8.99. The van der Waals surface area contributed by atoms with E-state index in [1.54, 1.807) is 31.3 Å². The molecule has 1 N–H and O–H groups in total. The molecule has 7 heteroatoms. The first kappa shape index (κ1) is 13.3. The molecule has 7 nitrogen and oxygen atoms in total. The number of fused-ring (bicyclic) bond motifs is 1. The molecule has 0 saturated carbocycles. The van der Waals surface area contributed by atoms with Crippen molar-refractivity contribution in [3.8, 4) is 0 Å². The van der Waals surface area contributed by atoms with E-state index >= 15 is 0 Å². The lowest BCUT2D eigenvalue weighted by molar-refractivity contribution is 0.304. The van der Waals surface area contributed by atoms with Gasteiger partial charge in [0.25, 0.3) is 5.56 Å². The molecule has 0 aliphatic carbocycles. The van der Waals surface area contributed by atoms with E-state index in [1.807, 2.05) is 0 Å². The molecule has 0 aliphatic rings. The molecule has 0 atom stereocenters. The molecule has 0 aromatic carbocycles. The fourth-order valence-electron chi connectivity index (χ4n) is 2.06. The van der Waals surface area contributed by atoms with Crippen molar-refractivity contribution < 1.29 is 5.11 Å². The van der Waals surface area contributed by atoms with Crippen LogP contribution >= 0.6 is 0 Å². The Morgan fingerprint density at radius 1 is 1.32 bits per heavy atom. The molecule has 0 bridgehead atoms. The molecule has 0 unspecified atom stereocenters. The lowest BCUT2D eigenvalue weighted by Crippen LogP contribution is -2.38. The van der Waals surface area contributed by atoms with Gasteiger partial charge in [-0.3, -0.25) is 13.9 Å². The Bertz CT molecular complexity index is 732. The highest BCUT2D eigenvalue weighted by atomic mass is 16.3. The second-order valence-corrected chi connectivity index (χ2v) is 4.38. The topological polar surface area (TPSA) is 80.4 Å². The Balaban J connectivity index is 2.90. The molecular weight excluding hydrogens is 248 g/mol. The normalized spacial score (nSPS) is 10.9. The van der Waals surface area contributed by atoms with E-state index in [0.29, 0.717) is 23.3 Å². The van der Waals surface area contributed by atoms with Gasteiger partial charge in [-0.05, 0) is 6.07 Å². The van der Waals surface area contributed by atoms with E-state index in [-0.39, 0.29) is 12.2 Å². The van der Waals surface area contributed by atoms with Crippen LogP contribution < -0.4 is 16.1 Å². The van der Waals surface area contributed by atoms with Gasteiger partial charge < -0.3 is 10.0 Å². The van der Waals surface area contributed by atoms with Gasteiger partial charge in [0, 0.05) is 33.9 Å². The molecule has 19 heavy (non-hydrogen) atoms. The summed E-state index contributed by atoms with van der Waals surface area (Å²) in [7, 11) is 4.79. The summed E-state index contributed by atoms with van der Waals surface area (Å²) in [5.41, 5.74) is 0.198. The number of hydrogen-bond donors (Lipinski definition) is 1. The number of hydrogen-bond acceptors (Lipinski definition) is 5. The molecule has 0 fully saturated rings. The Morgan fingerprint density at radius 2 is 2.00 bits per heavy atom. The van der Waals surface area contributed by atoms with Crippen LogP contribution in [0.25, 0.3) is 11.0 Å². The lowest BCUT2D eigenvalue weighted by atomic mass is 10.2. The fourth-order valence-corrected chi connectivity index (χ4v) is 2.06. The minimum atomic E-state index is -0.410. The first-order valence-corrected chi connectivity index (χ1v) is 5.85. The highest BCUT2D eigenvalue weighted by Gasteiger charge is 2.15. The summed E-state index contributed by atoms with van der Waals surface area (Å²) in [6.07, 6.45) is 1.55. The van der Waals surface area contributed by atoms with E-state index in [1.165, 1.54) is 11.6 Å². The largest absolute Gasteiger partial charge is 0.395 e. The van der Waals surface area contributed by atoms with Crippen molar-refractivity contribution in [1.82, 2.24) is 14.1 Å². The zero-order valence-corrected chi connectivity index (χ0v) is 11.1. The fraction of sp³-hybridized carbons (Fsp3) is 0.417. The summed E-state index contributed by atoms with van der Waals surface area (Å²) >= 11 is 0. The molecule has 2 rings (SSSR count). The standard InChI is InChI=1S/C12H16N4O3/c1-14(6-7-17)8-4-5-13-10-9(8)11(18)16(3)12(19)15(10)2/h4-5,17H,6-7H2,1-3H3. The van der Waals surface area contributed by atoms with Crippen LogP contribution in [0.5, 0.6) is 0 Å². The SMILES string of the molecule is CN(CCO)c1ccnc2c1c(=O)n(C)c(=O)n2C. The second kappa shape index (κ2) is 4.85. The average Bonchev–Trinajstić information content (AvgIpc) is 2.42. The monoisotopic (exact) mass is 264 g/mol. The van der Waals surface area contributed by atoms with Gasteiger partial charge in [-0.2, -0.15) is 0 Å². The highest BCUT2D eigenvalue weighted by molar-refractivity contribution is 5.88. The molecule has 0 saturated heterocycles. The van der Waals surface area contributed by atoms with E-state index < -0.39 is 5.69 Å². The number of nitrogens with zero attached hydrogens (tertiary/aromatic N) is 4. The third kappa shape index (κ3) is 2.01. The third-order valence-electron chi connectivity index (χ3n) is 3.17. The Kier molecular flexibility index (Phi) is 3.39. The molecule has 2 heterocycles. The van der Waals surface area contributed by atoms with E-state index in [9.17, 15) is 9.59 Å². The smallest absolute Gasteiger partial charge is 0.332 e. The summed E-state index contributed by atoms with van der Waals surface area (Å²) in [4.78, 5) is 30.0. The van der Waals surface area contributed by atoms with Crippen LogP contribution in [0.1, 0.15) is 0 Å². The number of aliphatic hydroxyl groups excluding tert-OH is 1. The van der Waals surface area contributed by atoms with E-state index in [0.717, 1.165) is 4.57 Å². The van der Waals surface area contributed by atoms with Crippen molar-refractivity contribution in [2.75, 3.05) is 25.1 Å².